The van der Waals surface area contributed by atoms with Gasteiger partial charge < -0.3 is 10.6 Å². The molecular formula is C14H31ClN2. The van der Waals surface area contributed by atoms with E-state index in [0.29, 0.717) is 0 Å². The SMILES string of the molecule is CCCCCCC12CCN(CC1)CC2.CN.Cl. The van der Waals surface area contributed by atoms with Crippen molar-refractivity contribution in [3.8, 4) is 0 Å². The molecule has 0 aromatic rings. The third-order valence-corrected chi connectivity index (χ3v) is 4.44. The molecule has 0 aromatic heterocycles. The van der Waals surface area contributed by atoms with Crippen molar-refractivity contribution in [2.45, 2.75) is 58.3 Å². The van der Waals surface area contributed by atoms with Crippen LogP contribution in [0, 0.1) is 5.41 Å². The molecule has 0 atom stereocenters. The fourth-order valence-electron chi connectivity index (χ4n) is 3.20. The van der Waals surface area contributed by atoms with E-state index >= 15 is 0 Å². The van der Waals surface area contributed by atoms with Crippen LogP contribution < -0.4 is 5.73 Å². The van der Waals surface area contributed by atoms with Gasteiger partial charge in [0.2, 0.25) is 0 Å². The Morgan fingerprint density at radius 1 is 0.941 bits per heavy atom. The zero-order chi connectivity index (χ0) is 11.9. The molecule has 0 spiro atoms. The molecule has 3 saturated heterocycles. The van der Waals surface area contributed by atoms with Crippen LogP contribution in [0.3, 0.4) is 0 Å². The topological polar surface area (TPSA) is 29.3 Å². The Hall–Kier alpha value is 0.210. The molecule has 3 heterocycles. The Balaban J connectivity index is 0.000000811. The second-order valence-electron chi connectivity index (χ2n) is 5.40. The molecule has 0 aromatic carbocycles. The first kappa shape index (κ1) is 17.2. The highest BCUT2D eigenvalue weighted by atomic mass is 35.5. The van der Waals surface area contributed by atoms with Gasteiger partial charge in [0, 0.05) is 0 Å². The van der Waals surface area contributed by atoms with Gasteiger partial charge in [0.25, 0.3) is 0 Å². The number of nitrogens with zero attached hydrogens (tertiary/aromatic N) is 1. The minimum Gasteiger partial charge on any atom is -0.333 e. The van der Waals surface area contributed by atoms with Crippen molar-refractivity contribution in [3.05, 3.63) is 0 Å². The molecule has 3 rings (SSSR count). The molecule has 3 fully saturated rings. The van der Waals surface area contributed by atoms with Gasteiger partial charge in [0.15, 0.2) is 0 Å². The molecule has 0 amide bonds. The first-order valence-corrected chi connectivity index (χ1v) is 7.15. The van der Waals surface area contributed by atoms with Gasteiger partial charge in [0.1, 0.15) is 0 Å². The summed E-state index contributed by atoms with van der Waals surface area (Å²) < 4.78 is 0. The van der Waals surface area contributed by atoms with Crippen molar-refractivity contribution in [3.63, 3.8) is 0 Å². The molecule has 2 bridgehead atoms. The number of hydrogen-bond acceptors (Lipinski definition) is 2. The molecule has 0 aliphatic carbocycles. The van der Waals surface area contributed by atoms with E-state index in [1.165, 1.54) is 78.0 Å². The van der Waals surface area contributed by atoms with Crippen LogP contribution in [0.5, 0.6) is 0 Å². The third kappa shape index (κ3) is 5.15. The van der Waals surface area contributed by atoms with Crippen LogP contribution in [0.2, 0.25) is 0 Å². The van der Waals surface area contributed by atoms with Crippen LogP contribution in [0.1, 0.15) is 58.3 Å². The third-order valence-electron chi connectivity index (χ3n) is 4.44. The maximum absolute atomic E-state index is 4.50. The molecule has 3 aliphatic rings. The van der Waals surface area contributed by atoms with E-state index in [2.05, 4.69) is 17.6 Å². The van der Waals surface area contributed by atoms with Crippen LogP contribution in [0.15, 0.2) is 0 Å². The van der Waals surface area contributed by atoms with Gasteiger partial charge in [-0.15, -0.1) is 12.4 Å². The molecule has 2 nitrogen and oxygen atoms in total. The van der Waals surface area contributed by atoms with Crippen LogP contribution in [-0.2, 0) is 0 Å². The predicted octanol–water partition coefficient (Wildman–Crippen LogP) is 3.44. The summed E-state index contributed by atoms with van der Waals surface area (Å²) in [6.07, 6.45) is 11.8. The lowest BCUT2D eigenvalue weighted by Crippen LogP contribution is -2.48. The van der Waals surface area contributed by atoms with Crippen molar-refractivity contribution in [1.29, 1.82) is 0 Å². The maximum atomic E-state index is 4.50. The normalized spacial score (nSPS) is 30.2. The zero-order valence-electron chi connectivity index (χ0n) is 11.7. The van der Waals surface area contributed by atoms with Crippen LogP contribution in [0.4, 0.5) is 0 Å². The number of unbranched alkanes of at least 4 members (excludes halogenated alkanes) is 3. The monoisotopic (exact) mass is 262 g/mol. The maximum Gasteiger partial charge on any atom is -0.00134 e. The second-order valence-corrected chi connectivity index (χ2v) is 5.40. The molecular weight excluding hydrogens is 232 g/mol. The van der Waals surface area contributed by atoms with Crippen LogP contribution in [0.25, 0.3) is 0 Å². The van der Waals surface area contributed by atoms with Crippen molar-refractivity contribution >= 4 is 12.4 Å². The van der Waals surface area contributed by atoms with E-state index in [9.17, 15) is 0 Å². The fourth-order valence-corrected chi connectivity index (χ4v) is 3.20. The Morgan fingerprint density at radius 2 is 1.47 bits per heavy atom. The summed E-state index contributed by atoms with van der Waals surface area (Å²) in [6, 6.07) is 0. The summed E-state index contributed by atoms with van der Waals surface area (Å²) >= 11 is 0. The quantitative estimate of drug-likeness (QED) is 0.769. The molecule has 3 aliphatic heterocycles. The van der Waals surface area contributed by atoms with E-state index in [1.54, 1.807) is 0 Å². The fraction of sp³-hybridized carbons (Fsp3) is 1.00. The van der Waals surface area contributed by atoms with E-state index in [1.807, 2.05) is 0 Å². The van der Waals surface area contributed by atoms with E-state index in [0.717, 1.165) is 5.41 Å². The first-order chi connectivity index (χ1) is 7.85. The van der Waals surface area contributed by atoms with Crippen molar-refractivity contribution in [2.24, 2.45) is 11.1 Å². The average molecular weight is 263 g/mol. The zero-order valence-corrected chi connectivity index (χ0v) is 12.5. The van der Waals surface area contributed by atoms with Crippen LogP contribution >= 0.6 is 12.4 Å². The largest absolute Gasteiger partial charge is 0.333 e. The minimum absolute atomic E-state index is 0. The van der Waals surface area contributed by atoms with Gasteiger partial charge in [0.05, 0.1) is 0 Å². The number of piperidine rings is 3. The van der Waals surface area contributed by atoms with Gasteiger partial charge in [-0.3, -0.25) is 0 Å². The number of hydrogen-bond donors (Lipinski definition) is 1. The lowest BCUT2D eigenvalue weighted by Gasteiger charge is -2.48. The molecule has 0 saturated carbocycles. The minimum atomic E-state index is 0. The summed E-state index contributed by atoms with van der Waals surface area (Å²) in [5, 5.41) is 0. The van der Waals surface area contributed by atoms with E-state index in [-0.39, 0.29) is 12.4 Å². The Morgan fingerprint density at radius 3 is 1.94 bits per heavy atom. The Bertz CT molecular complexity index is 163. The molecule has 2 N–H and O–H groups in total. The van der Waals surface area contributed by atoms with Gasteiger partial charge in [-0.1, -0.05) is 32.6 Å². The lowest BCUT2D eigenvalue weighted by atomic mass is 9.69. The van der Waals surface area contributed by atoms with Gasteiger partial charge >= 0.3 is 0 Å². The summed E-state index contributed by atoms with van der Waals surface area (Å²) in [5.74, 6) is 0. The van der Waals surface area contributed by atoms with Crippen molar-refractivity contribution in [1.82, 2.24) is 4.90 Å². The van der Waals surface area contributed by atoms with Crippen LogP contribution in [-0.4, -0.2) is 31.6 Å². The summed E-state index contributed by atoms with van der Waals surface area (Å²) in [5.41, 5.74) is 5.29. The van der Waals surface area contributed by atoms with Gasteiger partial charge in [-0.2, -0.15) is 0 Å². The Labute approximate surface area is 114 Å². The number of rotatable bonds is 5. The number of nitrogens with two attached hydrogens (primary N) is 1. The molecule has 0 unspecified atom stereocenters. The number of halogens is 1. The van der Waals surface area contributed by atoms with Crippen molar-refractivity contribution < 1.29 is 0 Å². The van der Waals surface area contributed by atoms with Gasteiger partial charge in [-0.05, 0) is 57.8 Å². The standard InChI is InChI=1S/C13H25N.CH5N.ClH/c1-2-3-4-5-6-13-7-10-14(11-8-13)12-9-13;1-2;/h2-12H2,1H3;2H2,1H3;1H. The van der Waals surface area contributed by atoms with Gasteiger partial charge in [-0.25, -0.2) is 0 Å². The van der Waals surface area contributed by atoms with Crippen molar-refractivity contribution in [2.75, 3.05) is 26.7 Å². The summed E-state index contributed by atoms with van der Waals surface area (Å²) in [4.78, 5) is 2.65. The first-order valence-electron chi connectivity index (χ1n) is 7.15. The van der Waals surface area contributed by atoms with E-state index < -0.39 is 0 Å². The summed E-state index contributed by atoms with van der Waals surface area (Å²) in [6.45, 7) is 6.49. The molecule has 3 heteroatoms. The number of fused-ring (bicyclic) bond motifs is 3. The second kappa shape index (κ2) is 9.18. The average Bonchev–Trinajstić information content (AvgIpc) is 2.39. The molecule has 0 radical (unpaired) electrons. The molecule has 104 valence electrons. The summed E-state index contributed by atoms with van der Waals surface area (Å²) in [7, 11) is 1.50. The van der Waals surface area contributed by atoms with E-state index in [4.69, 9.17) is 0 Å². The molecule has 17 heavy (non-hydrogen) atoms. The highest BCUT2D eigenvalue weighted by Gasteiger charge is 2.38. The highest BCUT2D eigenvalue weighted by Crippen LogP contribution is 2.43. The Kier molecular flexibility index (Phi) is 9.29. The smallest absolute Gasteiger partial charge is 0.00134 e. The lowest BCUT2D eigenvalue weighted by molar-refractivity contribution is 0.0180. The predicted molar refractivity (Wildman–Crippen MR) is 78.8 cm³/mol. The highest BCUT2D eigenvalue weighted by molar-refractivity contribution is 5.85.